The number of nitrogens with zero attached hydrogens (tertiary/aromatic N) is 7. The van der Waals surface area contributed by atoms with Crippen LogP contribution in [0.4, 0.5) is 11.6 Å². The number of piperazine rings is 2. The molecular weight excluding hydrogens is 691 g/mol. The van der Waals surface area contributed by atoms with Gasteiger partial charge < -0.3 is 19.3 Å². The van der Waals surface area contributed by atoms with Gasteiger partial charge in [-0.3, -0.25) is 14.7 Å². The van der Waals surface area contributed by atoms with Gasteiger partial charge in [-0.25, -0.2) is 19.6 Å². The topological polar surface area (TPSA) is 94.6 Å². The molecule has 0 saturated carbocycles. The van der Waals surface area contributed by atoms with E-state index in [1.165, 1.54) is 22.3 Å². The van der Waals surface area contributed by atoms with E-state index in [1.54, 1.807) is 36.7 Å². The first-order chi connectivity index (χ1) is 26.6. The van der Waals surface area contributed by atoms with E-state index in [0.717, 1.165) is 85.1 Å². The number of rotatable bonds is 15. The van der Waals surface area contributed by atoms with Gasteiger partial charge in [-0.15, -0.1) is 0 Å². The van der Waals surface area contributed by atoms with E-state index in [1.807, 2.05) is 27.7 Å². The molecule has 4 heterocycles. The second-order valence-electron chi connectivity index (χ2n) is 15.1. The van der Waals surface area contributed by atoms with Gasteiger partial charge in [0.2, 0.25) is 0 Å². The molecule has 0 amide bonds. The molecule has 0 unspecified atom stereocenters. The number of pyridine rings is 2. The first-order valence-electron chi connectivity index (χ1n) is 19.8. The van der Waals surface area contributed by atoms with E-state index in [2.05, 4.69) is 89.9 Å². The van der Waals surface area contributed by atoms with Crippen LogP contribution in [0.1, 0.15) is 77.6 Å². The summed E-state index contributed by atoms with van der Waals surface area (Å²) in [5, 5.41) is 0. The van der Waals surface area contributed by atoms with Gasteiger partial charge in [0.05, 0.1) is 12.2 Å². The van der Waals surface area contributed by atoms with Crippen LogP contribution in [-0.2, 0) is 35.7 Å². The molecule has 292 valence electrons. The number of anilines is 2. The lowest BCUT2D eigenvalue weighted by Crippen LogP contribution is -2.46. The number of aromatic nitrogens is 2. The smallest absolute Gasteiger partial charge is 0.342 e. The molecule has 0 spiro atoms. The first-order valence-corrected chi connectivity index (χ1v) is 19.8. The van der Waals surface area contributed by atoms with Crippen molar-refractivity contribution in [3.05, 3.63) is 119 Å². The van der Waals surface area contributed by atoms with Crippen LogP contribution in [0.15, 0.2) is 85.2 Å². The maximum absolute atomic E-state index is 12.7. The maximum atomic E-state index is 12.7. The molecule has 4 aromatic rings. The van der Waals surface area contributed by atoms with Crippen molar-refractivity contribution >= 4 is 23.6 Å². The Bertz CT molecular complexity index is 1700. The van der Waals surface area contributed by atoms with Crippen molar-refractivity contribution in [3.63, 3.8) is 0 Å². The lowest BCUT2D eigenvalue weighted by atomic mass is 10.1. The Morgan fingerprint density at radius 2 is 0.945 bits per heavy atom. The van der Waals surface area contributed by atoms with Crippen molar-refractivity contribution in [2.45, 2.75) is 73.0 Å². The number of ether oxygens (including phenoxy) is 2. The quantitative estimate of drug-likeness (QED) is 0.129. The highest BCUT2D eigenvalue weighted by molar-refractivity contribution is 5.95. The fourth-order valence-electron chi connectivity index (χ4n) is 7.22. The van der Waals surface area contributed by atoms with Gasteiger partial charge in [0.15, 0.2) is 0 Å². The number of hydrogen-bond donors (Lipinski definition) is 0. The summed E-state index contributed by atoms with van der Waals surface area (Å²) in [6, 6.07) is 25.3. The van der Waals surface area contributed by atoms with Crippen molar-refractivity contribution in [3.8, 4) is 0 Å². The lowest BCUT2D eigenvalue weighted by molar-refractivity contribution is 0.0367. The molecule has 2 fully saturated rings. The largest absolute Gasteiger partial charge is 0.459 e. The summed E-state index contributed by atoms with van der Waals surface area (Å²) in [5.41, 5.74) is 6.32. The van der Waals surface area contributed by atoms with Crippen LogP contribution in [0, 0.1) is 0 Å². The molecule has 0 atom stereocenters. The predicted octanol–water partition coefficient (Wildman–Crippen LogP) is 6.27. The van der Waals surface area contributed by atoms with E-state index in [-0.39, 0.29) is 24.1 Å². The highest BCUT2D eigenvalue weighted by Gasteiger charge is 2.25. The zero-order valence-corrected chi connectivity index (χ0v) is 33.2. The molecule has 0 bridgehead atoms. The second-order valence-corrected chi connectivity index (χ2v) is 15.1. The molecule has 0 radical (unpaired) electrons. The summed E-state index contributed by atoms with van der Waals surface area (Å²) in [6.07, 6.45) is 3.15. The molecule has 2 saturated heterocycles. The van der Waals surface area contributed by atoms with Crippen molar-refractivity contribution in [1.29, 1.82) is 0 Å². The van der Waals surface area contributed by atoms with Crippen molar-refractivity contribution in [2.24, 2.45) is 0 Å². The molecule has 0 aliphatic carbocycles. The first kappa shape index (κ1) is 39.8. The molecule has 2 aromatic carbocycles. The highest BCUT2D eigenvalue weighted by atomic mass is 16.5. The van der Waals surface area contributed by atoms with E-state index < -0.39 is 0 Å². The molecule has 55 heavy (non-hydrogen) atoms. The molecule has 2 aromatic heterocycles. The number of hydrogen-bond acceptors (Lipinski definition) is 11. The zero-order chi connectivity index (χ0) is 38.7. The van der Waals surface area contributed by atoms with Crippen LogP contribution in [0.3, 0.4) is 0 Å². The average molecular weight is 748 g/mol. The molecule has 11 nitrogen and oxygen atoms in total. The normalized spacial score (nSPS) is 15.6. The van der Waals surface area contributed by atoms with Crippen LogP contribution in [0.5, 0.6) is 0 Å². The summed E-state index contributed by atoms with van der Waals surface area (Å²) in [5.74, 6) is 0.792. The molecule has 6 rings (SSSR count). The van der Waals surface area contributed by atoms with Crippen LogP contribution in [0.2, 0.25) is 0 Å². The van der Waals surface area contributed by atoms with Gasteiger partial charge in [0, 0.05) is 90.9 Å². The summed E-state index contributed by atoms with van der Waals surface area (Å²) in [4.78, 5) is 46.2. The summed E-state index contributed by atoms with van der Waals surface area (Å²) >= 11 is 0. The van der Waals surface area contributed by atoms with Gasteiger partial charge in [-0.05, 0) is 80.8 Å². The number of carbonyl (C=O) groups excluding carboxylic acids is 2. The minimum atomic E-state index is -0.316. The van der Waals surface area contributed by atoms with Gasteiger partial charge in [-0.2, -0.15) is 0 Å². The Labute approximate surface area is 326 Å². The van der Waals surface area contributed by atoms with Crippen molar-refractivity contribution in [1.82, 2.24) is 24.7 Å². The van der Waals surface area contributed by atoms with E-state index >= 15 is 0 Å². The van der Waals surface area contributed by atoms with Gasteiger partial charge in [-0.1, -0.05) is 55.5 Å². The molecule has 2 aliphatic rings. The van der Waals surface area contributed by atoms with Crippen LogP contribution >= 0.6 is 0 Å². The predicted molar refractivity (Wildman–Crippen MR) is 217 cm³/mol. The fourth-order valence-corrected chi connectivity index (χ4v) is 7.22. The standard InChI is InChI=1S/C44H57N7O4/c1-6-47(29-35-11-15-37(16-12-35)31-48-21-25-50(26-22-48)41-39(9-7-19-45-41)43(52)54-33(2)3)30-36-13-17-38(18-14-36)32-49-23-27-51(28-24-49)42-40(10-8-20-46-42)44(53)55-34(4)5/h7-20,33-34H,6,21-32H2,1-5H3. The molecule has 11 heteroatoms. The van der Waals surface area contributed by atoms with Gasteiger partial charge in [0.25, 0.3) is 0 Å². The Morgan fingerprint density at radius 3 is 1.29 bits per heavy atom. The Morgan fingerprint density at radius 1 is 0.582 bits per heavy atom. The van der Waals surface area contributed by atoms with E-state index in [0.29, 0.717) is 22.8 Å². The third-order valence-corrected chi connectivity index (χ3v) is 10.2. The second kappa shape index (κ2) is 19.2. The number of carbonyl (C=O) groups is 2. The van der Waals surface area contributed by atoms with Crippen molar-refractivity contribution < 1.29 is 19.1 Å². The third kappa shape index (κ3) is 11.1. The average Bonchev–Trinajstić information content (AvgIpc) is 3.19. The minimum Gasteiger partial charge on any atom is -0.459 e. The number of esters is 2. The summed E-state index contributed by atoms with van der Waals surface area (Å²) in [7, 11) is 0. The fraction of sp³-hybridized carbons (Fsp3) is 0.455. The van der Waals surface area contributed by atoms with Gasteiger partial charge in [0.1, 0.15) is 22.8 Å². The van der Waals surface area contributed by atoms with Gasteiger partial charge >= 0.3 is 11.9 Å². The monoisotopic (exact) mass is 747 g/mol. The van der Waals surface area contributed by atoms with E-state index in [4.69, 9.17) is 9.47 Å². The molecule has 2 aliphatic heterocycles. The Balaban J connectivity index is 0.937. The molecule has 0 N–H and O–H groups in total. The maximum Gasteiger partial charge on any atom is 0.342 e. The number of benzene rings is 2. The van der Waals surface area contributed by atoms with Crippen LogP contribution < -0.4 is 9.80 Å². The minimum absolute atomic E-state index is 0.169. The molecular formula is C44H57N7O4. The third-order valence-electron chi connectivity index (χ3n) is 10.2. The Kier molecular flexibility index (Phi) is 13.9. The van der Waals surface area contributed by atoms with Crippen molar-refractivity contribution in [2.75, 3.05) is 68.7 Å². The van der Waals surface area contributed by atoms with E-state index in [9.17, 15) is 9.59 Å². The van der Waals surface area contributed by atoms with Crippen LogP contribution in [-0.4, -0.2) is 108 Å². The van der Waals surface area contributed by atoms with Crippen LogP contribution in [0.25, 0.3) is 0 Å². The summed E-state index contributed by atoms with van der Waals surface area (Å²) in [6.45, 7) is 21.1. The lowest BCUT2D eigenvalue weighted by Gasteiger charge is -2.36. The zero-order valence-electron chi connectivity index (χ0n) is 33.2. The summed E-state index contributed by atoms with van der Waals surface area (Å²) < 4.78 is 10.9. The Hall–Kier alpha value is -4.84. The highest BCUT2D eigenvalue weighted by Crippen LogP contribution is 2.23. The SMILES string of the molecule is CCN(Cc1ccc(CN2CCN(c3ncccc3C(=O)OC(C)C)CC2)cc1)Cc1ccc(CN2CCN(c3ncccc3C(=O)OC(C)C)CC2)cc1.